The second-order valence-corrected chi connectivity index (χ2v) is 12.7. The smallest absolute Gasteiger partial charge is 0.310 e. The molecule has 0 saturated carbocycles. The summed E-state index contributed by atoms with van der Waals surface area (Å²) in [6, 6.07) is 18.0. The van der Waals surface area contributed by atoms with Crippen LogP contribution in [0.4, 0.5) is 0 Å². The molecule has 2 aliphatic heterocycles. The van der Waals surface area contributed by atoms with Gasteiger partial charge in [0.1, 0.15) is 17.9 Å². The monoisotopic (exact) mass is 631 g/mol. The van der Waals surface area contributed by atoms with Crippen LogP contribution >= 0.6 is 0 Å². The van der Waals surface area contributed by atoms with Gasteiger partial charge in [0.25, 0.3) is 0 Å². The molecule has 5 rings (SSSR count). The second-order valence-electron chi connectivity index (χ2n) is 12.7. The van der Waals surface area contributed by atoms with Gasteiger partial charge in [-0.2, -0.15) is 0 Å². The molecule has 1 fully saturated rings. The third-order valence-corrected chi connectivity index (χ3v) is 8.61. The summed E-state index contributed by atoms with van der Waals surface area (Å²) >= 11 is 0. The van der Waals surface area contributed by atoms with E-state index in [0.717, 1.165) is 22.3 Å². The molecule has 3 aromatic carbocycles. The molecule has 0 aliphatic carbocycles. The number of allylic oxidation sites excluding steroid dienone is 1. The number of methoxy groups -OCH3 is 3. The number of hydrogen-bond donors (Lipinski definition) is 0. The van der Waals surface area contributed by atoms with Crippen molar-refractivity contribution in [1.82, 2.24) is 4.90 Å². The summed E-state index contributed by atoms with van der Waals surface area (Å²) in [4.78, 5) is 16.3. The molecule has 0 radical (unpaired) electrons. The SMILES string of the molecule is C=CC[C@@H](C(=O)OC(C)(C)C)[C@@H](c1cc(OC)c(OC)c(OC)c1)c1cc2c(cc1[C@@H]1O[C@@H](c3ccccc3)[C@H](C)N1C)OCO2. The third kappa shape index (κ3) is 6.52. The Morgan fingerprint density at radius 1 is 1.00 bits per heavy atom. The molecule has 2 aliphatic rings. The quantitative estimate of drug-likeness (QED) is 0.161. The average Bonchev–Trinajstić information content (AvgIpc) is 3.62. The summed E-state index contributed by atoms with van der Waals surface area (Å²) in [5.41, 5.74) is 2.83. The minimum Gasteiger partial charge on any atom is -0.493 e. The van der Waals surface area contributed by atoms with Gasteiger partial charge in [0.15, 0.2) is 23.0 Å². The van der Waals surface area contributed by atoms with E-state index in [-0.39, 0.29) is 24.9 Å². The van der Waals surface area contributed by atoms with Crippen LogP contribution in [0, 0.1) is 5.92 Å². The molecule has 1 saturated heterocycles. The molecule has 0 unspecified atom stereocenters. The van der Waals surface area contributed by atoms with Gasteiger partial charge in [-0.15, -0.1) is 6.58 Å². The first-order chi connectivity index (χ1) is 22.0. The van der Waals surface area contributed by atoms with Crippen LogP contribution in [-0.2, 0) is 14.3 Å². The molecule has 2 heterocycles. The van der Waals surface area contributed by atoms with E-state index in [0.29, 0.717) is 35.2 Å². The predicted octanol–water partition coefficient (Wildman–Crippen LogP) is 7.20. The maximum absolute atomic E-state index is 14.1. The first kappa shape index (κ1) is 33.2. The number of carbonyl (C=O) groups excluding carboxylic acids is 1. The van der Waals surface area contributed by atoms with E-state index in [1.807, 2.05) is 63.2 Å². The molecule has 246 valence electrons. The van der Waals surface area contributed by atoms with Crippen molar-refractivity contribution in [3.63, 3.8) is 0 Å². The van der Waals surface area contributed by atoms with E-state index in [4.69, 9.17) is 33.2 Å². The molecule has 0 bridgehead atoms. The lowest BCUT2D eigenvalue weighted by atomic mass is 9.76. The lowest BCUT2D eigenvalue weighted by Crippen LogP contribution is -2.33. The van der Waals surface area contributed by atoms with Crippen LogP contribution in [0.25, 0.3) is 0 Å². The van der Waals surface area contributed by atoms with Crippen molar-refractivity contribution in [2.24, 2.45) is 5.92 Å². The largest absolute Gasteiger partial charge is 0.493 e. The maximum atomic E-state index is 14.1. The third-order valence-electron chi connectivity index (χ3n) is 8.61. The summed E-state index contributed by atoms with van der Waals surface area (Å²) in [5, 5.41) is 0. The van der Waals surface area contributed by atoms with Crippen LogP contribution in [0.1, 0.15) is 74.6 Å². The first-order valence-electron chi connectivity index (χ1n) is 15.5. The highest BCUT2D eigenvalue weighted by Gasteiger charge is 2.43. The zero-order valence-electron chi connectivity index (χ0n) is 28.0. The van der Waals surface area contributed by atoms with Crippen molar-refractivity contribution >= 4 is 5.97 Å². The van der Waals surface area contributed by atoms with Crippen LogP contribution in [0.15, 0.2) is 67.3 Å². The van der Waals surface area contributed by atoms with Gasteiger partial charge in [-0.05, 0) is 82.1 Å². The van der Waals surface area contributed by atoms with Crippen molar-refractivity contribution < 1.29 is 38.0 Å². The van der Waals surface area contributed by atoms with Gasteiger partial charge in [-0.25, -0.2) is 0 Å². The Kier molecular flexibility index (Phi) is 9.84. The molecule has 0 aromatic heterocycles. The summed E-state index contributed by atoms with van der Waals surface area (Å²) in [7, 11) is 6.76. The molecule has 5 atom stereocenters. The zero-order chi connectivity index (χ0) is 33.2. The van der Waals surface area contributed by atoms with Gasteiger partial charge in [0, 0.05) is 17.5 Å². The molecule has 9 heteroatoms. The number of ether oxygens (including phenoxy) is 7. The Morgan fingerprint density at radius 3 is 2.20 bits per heavy atom. The Balaban J connectivity index is 1.75. The van der Waals surface area contributed by atoms with Crippen molar-refractivity contribution in [1.29, 1.82) is 0 Å². The van der Waals surface area contributed by atoms with Gasteiger partial charge in [0.2, 0.25) is 12.5 Å². The maximum Gasteiger partial charge on any atom is 0.310 e. The fraction of sp³-hybridized carbons (Fsp3) is 0.432. The minimum absolute atomic E-state index is 0.0557. The molecular formula is C37H45NO8. The Labute approximate surface area is 271 Å². The predicted molar refractivity (Wildman–Crippen MR) is 175 cm³/mol. The molecule has 0 spiro atoms. The summed E-state index contributed by atoms with van der Waals surface area (Å²) in [6.07, 6.45) is 1.45. The summed E-state index contributed by atoms with van der Waals surface area (Å²) in [6.45, 7) is 11.9. The van der Waals surface area contributed by atoms with Crippen LogP contribution in [-0.4, -0.2) is 57.7 Å². The van der Waals surface area contributed by atoms with Gasteiger partial charge >= 0.3 is 5.97 Å². The number of nitrogens with zero attached hydrogens (tertiary/aromatic N) is 1. The molecule has 0 N–H and O–H groups in total. The molecule has 0 amide bonds. The molecule has 3 aromatic rings. The topological polar surface area (TPSA) is 84.9 Å². The lowest BCUT2D eigenvalue weighted by Gasteiger charge is -2.33. The van der Waals surface area contributed by atoms with E-state index in [1.165, 1.54) is 0 Å². The van der Waals surface area contributed by atoms with Crippen molar-refractivity contribution in [3.8, 4) is 28.7 Å². The number of hydrogen-bond acceptors (Lipinski definition) is 9. The molecule has 9 nitrogen and oxygen atoms in total. The van der Waals surface area contributed by atoms with E-state index in [2.05, 4.69) is 37.6 Å². The van der Waals surface area contributed by atoms with Gasteiger partial charge in [0.05, 0.1) is 27.2 Å². The number of esters is 1. The first-order valence-corrected chi connectivity index (χ1v) is 15.5. The van der Waals surface area contributed by atoms with Gasteiger partial charge in [-0.1, -0.05) is 36.4 Å². The fourth-order valence-electron chi connectivity index (χ4n) is 6.36. The van der Waals surface area contributed by atoms with Crippen LogP contribution in [0.2, 0.25) is 0 Å². The van der Waals surface area contributed by atoms with E-state index < -0.39 is 23.7 Å². The van der Waals surface area contributed by atoms with E-state index in [9.17, 15) is 4.79 Å². The summed E-state index contributed by atoms with van der Waals surface area (Å²) in [5.74, 6) is 1.01. The second kappa shape index (κ2) is 13.6. The number of fused-ring (bicyclic) bond motifs is 1. The number of benzene rings is 3. The zero-order valence-corrected chi connectivity index (χ0v) is 28.0. The standard InChI is InChI=1S/C37H45NO8/c1-10-14-25(36(39)46-37(3,4)5)32(24-17-30(40-7)34(42-9)31(18-24)41-8)26-19-28-29(44-21-43-28)20-27(26)35-38(6)22(2)33(45-35)23-15-12-11-13-16-23/h10-13,15-20,22,25,32-33,35H,1,14,21H2,2-9H3/t22-,25+,32+,33+,35-/m0/s1. The van der Waals surface area contributed by atoms with Crippen molar-refractivity contribution in [2.75, 3.05) is 35.2 Å². The highest BCUT2D eigenvalue weighted by molar-refractivity contribution is 5.76. The minimum atomic E-state index is -0.707. The van der Waals surface area contributed by atoms with Crippen molar-refractivity contribution in [3.05, 3.63) is 89.5 Å². The van der Waals surface area contributed by atoms with Crippen LogP contribution in [0.3, 0.4) is 0 Å². The lowest BCUT2D eigenvalue weighted by molar-refractivity contribution is -0.160. The van der Waals surface area contributed by atoms with Crippen LogP contribution in [0.5, 0.6) is 28.7 Å². The Morgan fingerprint density at radius 2 is 1.63 bits per heavy atom. The highest BCUT2D eigenvalue weighted by atomic mass is 16.7. The Bertz CT molecular complexity index is 1520. The Hall–Kier alpha value is -4.21. The van der Waals surface area contributed by atoms with Crippen LogP contribution < -0.4 is 23.7 Å². The highest BCUT2D eigenvalue weighted by Crippen LogP contribution is 2.51. The molecule has 46 heavy (non-hydrogen) atoms. The summed E-state index contributed by atoms with van der Waals surface area (Å²) < 4.78 is 41.9. The number of rotatable bonds is 11. The number of likely N-dealkylation sites (N-methyl/N-ethyl adjacent to an activating group) is 1. The number of carbonyl (C=O) groups is 1. The van der Waals surface area contributed by atoms with E-state index in [1.54, 1.807) is 27.4 Å². The van der Waals surface area contributed by atoms with E-state index >= 15 is 0 Å². The van der Waals surface area contributed by atoms with Gasteiger partial charge in [-0.3, -0.25) is 9.69 Å². The average molecular weight is 632 g/mol. The van der Waals surface area contributed by atoms with Crippen molar-refractivity contribution in [2.45, 2.75) is 64.0 Å². The molecular weight excluding hydrogens is 586 g/mol. The van der Waals surface area contributed by atoms with Gasteiger partial charge < -0.3 is 33.2 Å². The fourth-order valence-corrected chi connectivity index (χ4v) is 6.36. The normalized spacial score (nSPS) is 20.6.